The van der Waals surface area contributed by atoms with Crippen LogP contribution in [0.2, 0.25) is 0 Å². The zero-order chi connectivity index (χ0) is 16.4. The molecule has 1 N–H and O–H groups in total. The number of carbonyl (C=O) groups excluding carboxylic acids is 1. The standard InChI is InChI=1S/C19H33N3O2.2ClH/c23-19(13-16-11-17-1-2-18(12-16)20-17)22-7-5-21(6-8-22)14-15-3-9-24-10-4-15;;/h15-18,20H,1-14H2;2*1H. The summed E-state index contributed by atoms with van der Waals surface area (Å²) in [5.74, 6) is 1.83. The van der Waals surface area contributed by atoms with Gasteiger partial charge in [-0.2, -0.15) is 0 Å². The molecule has 0 aromatic rings. The number of hydrogen-bond donors (Lipinski definition) is 1. The second kappa shape index (κ2) is 10.5. The van der Waals surface area contributed by atoms with E-state index in [0.29, 0.717) is 23.9 Å². The van der Waals surface area contributed by atoms with Crippen LogP contribution < -0.4 is 5.32 Å². The molecule has 0 aromatic heterocycles. The molecule has 2 bridgehead atoms. The fourth-order valence-corrected chi connectivity index (χ4v) is 5.19. The normalized spacial score (nSPS) is 32.6. The Balaban J connectivity index is 0.00000121. The molecule has 4 aliphatic heterocycles. The summed E-state index contributed by atoms with van der Waals surface area (Å²) in [6.45, 7) is 7.03. The van der Waals surface area contributed by atoms with E-state index in [1.54, 1.807) is 0 Å². The lowest BCUT2D eigenvalue weighted by molar-refractivity contribution is -0.134. The predicted molar refractivity (Wildman–Crippen MR) is 108 cm³/mol. The maximum atomic E-state index is 12.7. The molecular weight excluding hydrogens is 373 g/mol. The zero-order valence-electron chi connectivity index (χ0n) is 15.7. The van der Waals surface area contributed by atoms with E-state index in [2.05, 4.69) is 15.1 Å². The van der Waals surface area contributed by atoms with E-state index in [4.69, 9.17) is 4.74 Å². The van der Waals surface area contributed by atoms with Crippen LogP contribution in [0.25, 0.3) is 0 Å². The van der Waals surface area contributed by atoms with Crippen LogP contribution in [-0.2, 0) is 9.53 Å². The summed E-state index contributed by atoms with van der Waals surface area (Å²) in [6, 6.07) is 1.38. The van der Waals surface area contributed by atoms with Gasteiger partial charge in [-0.05, 0) is 50.4 Å². The molecule has 5 nitrogen and oxygen atoms in total. The first-order chi connectivity index (χ1) is 11.8. The van der Waals surface area contributed by atoms with Crippen LogP contribution in [0.5, 0.6) is 0 Å². The van der Waals surface area contributed by atoms with Crippen molar-refractivity contribution < 1.29 is 9.53 Å². The Hall–Kier alpha value is -0.0700. The van der Waals surface area contributed by atoms with E-state index < -0.39 is 0 Å². The van der Waals surface area contributed by atoms with Gasteiger partial charge in [0.15, 0.2) is 0 Å². The van der Waals surface area contributed by atoms with Gasteiger partial charge < -0.3 is 15.0 Å². The molecule has 4 aliphatic rings. The average Bonchev–Trinajstić information content (AvgIpc) is 2.95. The van der Waals surface area contributed by atoms with Crippen molar-refractivity contribution in [1.82, 2.24) is 15.1 Å². The molecule has 0 aromatic carbocycles. The summed E-state index contributed by atoms with van der Waals surface area (Å²) in [5, 5.41) is 3.68. The SMILES string of the molecule is Cl.Cl.O=C(CC1CC2CCC(C1)N2)N1CCN(CC2CCOCC2)CC1. The molecule has 0 aliphatic carbocycles. The number of ether oxygens (including phenoxy) is 1. The number of nitrogens with one attached hydrogen (secondary N) is 1. The van der Waals surface area contributed by atoms with Gasteiger partial charge >= 0.3 is 0 Å². The highest BCUT2D eigenvalue weighted by Crippen LogP contribution is 2.33. The minimum Gasteiger partial charge on any atom is -0.381 e. The van der Waals surface area contributed by atoms with Gasteiger partial charge in [-0.1, -0.05) is 0 Å². The highest BCUT2D eigenvalue weighted by Gasteiger charge is 2.35. The number of nitrogens with zero attached hydrogens (tertiary/aromatic N) is 2. The van der Waals surface area contributed by atoms with Gasteiger partial charge in [0.25, 0.3) is 0 Å². The van der Waals surface area contributed by atoms with Crippen LogP contribution in [0.1, 0.15) is 44.9 Å². The largest absolute Gasteiger partial charge is 0.381 e. The van der Waals surface area contributed by atoms with E-state index in [-0.39, 0.29) is 24.8 Å². The molecule has 152 valence electrons. The molecule has 1 amide bonds. The van der Waals surface area contributed by atoms with Crippen molar-refractivity contribution in [1.29, 1.82) is 0 Å². The highest BCUT2D eigenvalue weighted by atomic mass is 35.5. The summed E-state index contributed by atoms with van der Waals surface area (Å²) in [4.78, 5) is 17.4. The van der Waals surface area contributed by atoms with Crippen molar-refractivity contribution in [3.05, 3.63) is 0 Å². The second-order valence-corrected chi connectivity index (χ2v) is 8.42. The molecule has 4 heterocycles. The molecular formula is C19H35Cl2N3O2. The molecule has 4 rings (SSSR count). The predicted octanol–water partition coefficient (Wildman–Crippen LogP) is 2.32. The van der Waals surface area contributed by atoms with Gasteiger partial charge in [-0.15, -0.1) is 24.8 Å². The number of piperidine rings is 1. The fraction of sp³-hybridized carbons (Fsp3) is 0.947. The third-order valence-electron chi connectivity index (χ3n) is 6.62. The van der Waals surface area contributed by atoms with Crippen molar-refractivity contribution in [3.8, 4) is 0 Å². The lowest BCUT2D eigenvalue weighted by Gasteiger charge is -2.38. The lowest BCUT2D eigenvalue weighted by Crippen LogP contribution is -2.50. The van der Waals surface area contributed by atoms with Gasteiger partial charge in [0.05, 0.1) is 0 Å². The number of hydrogen-bond acceptors (Lipinski definition) is 4. The van der Waals surface area contributed by atoms with Crippen molar-refractivity contribution in [2.45, 2.75) is 57.0 Å². The van der Waals surface area contributed by atoms with Gasteiger partial charge in [0.2, 0.25) is 5.91 Å². The third-order valence-corrected chi connectivity index (χ3v) is 6.62. The first-order valence-electron chi connectivity index (χ1n) is 10.1. The van der Waals surface area contributed by atoms with E-state index >= 15 is 0 Å². The molecule has 4 saturated heterocycles. The molecule has 0 spiro atoms. The fourth-order valence-electron chi connectivity index (χ4n) is 5.19. The molecule has 4 fully saturated rings. The Kier molecular flexibility index (Phi) is 8.95. The summed E-state index contributed by atoms with van der Waals surface area (Å²) in [7, 11) is 0. The Morgan fingerprint density at radius 3 is 2.12 bits per heavy atom. The van der Waals surface area contributed by atoms with Gasteiger partial charge in [0, 0.05) is 64.4 Å². The summed E-state index contributed by atoms with van der Waals surface area (Å²) in [5.41, 5.74) is 0. The van der Waals surface area contributed by atoms with Crippen molar-refractivity contribution >= 4 is 30.7 Å². The van der Waals surface area contributed by atoms with Crippen LogP contribution in [0, 0.1) is 11.8 Å². The maximum Gasteiger partial charge on any atom is 0.222 e. The first kappa shape index (κ1) is 22.2. The van der Waals surface area contributed by atoms with Gasteiger partial charge in [-0.25, -0.2) is 0 Å². The lowest BCUT2D eigenvalue weighted by atomic mass is 9.89. The number of halogens is 2. The second-order valence-electron chi connectivity index (χ2n) is 8.42. The topological polar surface area (TPSA) is 44.8 Å². The Labute approximate surface area is 170 Å². The minimum atomic E-state index is 0. The number of carbonyl (C=O) groups is 1. The maximum absolute atomic E-state index is 12.7. The minimum absolute atomic E-state index is 0. The molecule has 2 atom stereocenters. The molecule has 0 saturated carbocycles. The van der Waals surface area contributed by atoms with E-state index in [0.717, 1.165) is 51.7 Å². The van der Waals surface area contributed by atoms with Gasteiger partial charge in [0.1, 0.15) is 0 Å². The third kappa shape index (κ3) is 5.71. The van der Waals surface area contributed by atoms with Gasteiger partial charge in [-0.3, -0.25) is 9.69 Å². The molecule has 2 unspecified atom stereocenters. The summed E-state index contributed by atoms with van der Waals surface area (Å²) >= 11 is 0. The molecule has 26 heavy (non-hydrogen) atoms. The quantitative estimate of drug-likeness (QED) is 0.776. The van der Waals surface area contributed by atoms with Crippen LogP contribution >= 0.6 is 24.8 Å². The Morgan fingerprint density at radius 2 is 1.50 bits per heavy atom. The van der Waals surface area contributed by atoms with Crippen molar-refractivity contribution in [2.75, 3.05) is 45.9 Å². The van der Waals surface area contributed by atoms with Crippen LogP contribution in [0.3, 0.4) is 0 Å². The van der Waals surface area contributed by atoms with E-state index in [9.17, 15) is 4.79 Å². The molecule has 7 heteroatoms. The van der Waals surface area contributed by atoms with Crippen molar-refractivity contribution in [3.63, 3.8) is 0 Å². The summed E-state index contributed by atoms with van der Waals surface area (Å²) < 4.78 is 5.45. The van der Waals surface area contributed by atoms with E-state index in [1.807, 2.05) is 0 Å². The number of piperazine rings is 1. The van der Waals surface area contributed by atoms with Crippen molar-refractivity contribution in [2.24, 2.45) is 11.8 Å². The number of fused-ring (bicyclic) bond motifs is 2. The number of rotatable bonds is 4. The number of amides is 1. The summed E-state index contributed by atoms with van der Waals surface area (Å²) in [6.07, 6.45) is 8.27. The van der Waals surface area contributed by atoms with Crippen LogP contribution in [0.4, 0.5) is 0 Å². The first-order valence-corrected chi connectivity index (χ1v) is 10.1. The Bertz CT molecular complexity index is 429. The Morgan fingerprint density at radius 1 is 0.885 bits per heavy atom. The van der Waals surface area contributed by atoms with Crippen LogP contribution in [0.15, 0.2) is 0 Å². The van der Waals surface area contributed by atoms with Crippen LogP contribution in [-0.4, -0.2) is 73.7 Å². The smallest absolute Gasteiger partial charge is 0.222 e. The monoisotopic (exact) mass is 407 g/mol. The highest BCUT2D eigenvalue weighted by molar-refractivity contribution is 5.85. The van der Waals surface area contributed by atoms with E-state index in [1.165, 1.54) is 45.1 Å². The average molecular weight is 408 g/mol. The molecule has 0 radical (unpaired) electrons. The zero-order valence-corrected chi connectivity index (χ0v) is 17.4.